The van der Waals surface area contributed by atoms with Crippen molar-refractivity contribution in [2.75, 3.05) is 0 Å². The third kappa shape index (κ3) is 2.95. The second kappa shape index (κ2) is 5.30. The van der Waals surface area contributed by atoms with Crippen LogP contribution in [0, 0.1) is 5.92 Å². The standard InChI is InChI=1S/C12H15BrO/c1-3-9(2)8-10-6-4-5-7-11(10)12(13)14/h4-7,9H,3,8H2,1-2H3. The zero-order valence-corrected chi connectivity index (χ0v) is 10.2. The van der Waals surface area contributed by atoms with Crippen LogP contribution in [0.3, 0.4) is 0 Å². The minimum absolute atomic E-state index is 0.0172. The molecule has 1 rings (SSSR count). The van der Waals surface area contributed by atoms with E-state index < -0.39 is 0 Å². The summed E-state index contributed by atoms with van der Waals surface area (Å²) in [7, 11) is 0. The van der Waals surface area contributed by atoms with Crippen LogP contribution in [0.2, 0.25) is 0 Å². The Labute approximate surface area is 93.7 Å². The van der Waals surface area contributed by atoms with E-state index in [0.29, 0.717) is 5.92 Å². The SMILES string of the molecule is CCC(C)Cc1ccccc1C(=O)Br. The maximum absolute atomic E-state index is 11.3. The first kappa shape index (κ1) is 11.4. The summed E-state index contributed by atoms with van der Waals surface area (Å²) in [5.41, 5.74) is 1.94. The Morgan fingerprint density at radius 1 is 1.43 bits per heavy atom. The highest BCUT2D eigenvalue weighted by atomic mass is 79.9. The molecule has 0 bridgehead atoms. The number of rotatable bonds is 4. The molecule has 0 radical (unpaired) electrons. The van der Waals surface area contributed by atoms with Crippen molar-refractivity contribution in [3.8, 4) is 0 Å². The van der Waals surface area contributed by atoms with Gasteiger partial charge in [-0.25, -0.2) is 0 Å². The van der Waals surface area contributed by atoms with Gasteiger partial charge in [-0.15, -0.1) is 0 Å². The van der Waals surface area contributed by atoms with E-state index in [-0.39, 0.29) is 4.69 Å². The number of carbonyl (C=O) groups excluding carboxylic acids is 1. The molecule has 0 N–H and O–H groups in total. The fourth-order valence-electron chi connectivity index (χ4n) is 1.41. The molecule has 1 aromatic rings. The van der Waals surface area contributed by atoms with Crippen LogP contribution in [0.1, 0.15) is 36.2 Å². The van der Waals surface area contributed by atoms with Gasteiger partial charge >= 0.3 is 0 Å². The summed E-state index contributed by atoms with van der Waals surface area (Å²) in [5, 5.41) is 0. The van der Waals surface area contributed by atoms with Crippen molar-refractivity contribution in [2.24, 2.45) is 5.92 Å². The molecule has 1 unspecified atom stereocenters. The van der Waals surface area contributed by atoms with Gasteiger partial charge in [0.25, 0.3) is 0 Å². The minimum Gasteiger partial charge on any atom is -0.281 e. The van der Waals surface area contributed by atoms with Crippen LogP contribution in [-0.4, -0.2) is 4.69 Å². The first-order valence-corrected chi connectivity index (χ1v) is 5.72. The van der Waals surface area contributed by atoms with E-state index in [0.717, 1.165) is 24.0 Å². The van der Waals surface area contributed by atoms with Crippen molar-refractivity contribution >= 4 is 20.6 Å². The molecule has 0 aromatic heterocycles. The van der Waals surface area contributed by atoms with Gasteiger partial charge in [0.1, 0.15) is 0 Å². The van der Waals surface area contributed by atoms with E-state index in [4.69, 9.17) is 0 Å². The van der Waals surface area contributed by atoms with Crippen molar-refractivity contribution in [1.82, 2.24) is 0 Å². The lowest BCUT2D eigenvalue weighted by Crippen LogP contribution is -2.03. The van der Waals surface area contributed by atoms with Crippen molar-refractivity contribution in [3.63, 3.8) is 0 Å². The lowest BCUT2D eigenvalue weighted by atomic mass is 9.96. The van der Waals surface area contributed by atoms with Gasteiger partial charge in [0.05, 0.1) is 0 Å². The van der Waals surface area contributed by atoms with E-state index in [1.54, 1.807) is 0 Å². The Hall–Kier alpha value is -0.630. The number of benzene rings is 1. The van der Waals surface area contributed by atoms with Crippen molar-refractivity contribution in [3.05, 3.63) is 35.4 Å². The Kier molecular flexibility index (Phi) is 4.33. The van der Waals surface area contributed by atoms with Gasteiger partial charge in [0, 0.05) is 5.56 Å². The lowest BCUT2D eigenvalue weighted by Gasteiger charge is -2.10. The Morgan fingerprint density at radius 2 is 2.07 bits per heavy atom. The zero-order valence-electron chi connectivity index (χ0n) is 8.59. The molecule has 1 aromatic carbocycles. The number of hydrogen-bond donors (Lipinski definition) is 0. The van der Waals surface area contributed by atoms with Gasteiger partial charge in [-0.2, -0.15) is 0 Å². The molecule has 0 spiro atoms. The fourth-order valence-corrected chi connectivity index (χ4v) is 1.80. The molecule has 14 heavy (non-hydrogen) atoms. The average molecular weight is 255 g/mol. The topological polar surface area (TPSA) is 17.1 Å². The van der Waals surface area contributed by atoms with E-state index in [1.165, 1.54) is 0 Å². The molecular weight excluding hydrogens is 240 g/mol. The third-order valence-electron chi connectivity index (χ3n) is 2.49. The van der Waals surface area contributed by atoms with Crippen LogP contribution in [0.25, 0.3) is 0 Å². The zero-order chi connectivity index (χ0) is 10.6. The molecule has 0 amide bonds. The predicted octanol–water partition coefficient (Wildman–Crippen LogP) is 3.81. The second-order valence-corrected chi connectivity index (χ2v) is 4.37. The molecular formula is C12H15BrO. The number of halogens is 1. The molecule has 1 atom stereocenters. The molecule has 76 valence electrons. The summed E-state index contributed by atoms with van der Waals surface area (Å²) in [5.74, 6) is 0.628. The van der Waals surface area contributed by atoms with Gasteiger partial charge in [0.15, 0.2) is 0 Å². The van der Waals surface area contributed by atoms with Crippen LogP contribution in [0.5, 0.6) is 0 Å². The van der Waals surface area contributed by atoms with Crippen LogP contribution in [0.4, 0.5) is 0 Å². The Bertz CT molecular complexity index is 320. The average Bonchev–Trinajstić information content (AvgIpc) is 2.18. The van der Waals surface area contributed by atoms with Gasteiger partial charge in [-0.3, -0.25) is 4.79 Å². The van der Waals surface area contributed by atoms with Crippen molar-refractivity contribution in [2.45, 2.75) is 26.7 Å². The van der Waals surface area contributed by atoms with Crippen molar-refractivity contribution < 1.29 is 4.79 Å². The van der Waals surface area contributed by atoms with Crippen LogP contribution in [0.15, 0.2) is 24.3 Å². The van der Waals surface area contributed by atoms with Crippen molar-refractivity contribution in [1.29, 1.82) is 0 Å². The normalized spacial score (nSPS) is 12.5. The summed E-state index contributed by atoms with van der Waals surface area (Å²) >= 11 is 3.01. The van der Waals surface area contributed by atoms with Crippen LogP contribution < -0.4 is 0 Å². The van der Waals surface area contributed by atoms with E-state index >= 15 is 0 Å². The first-order chi connectivity index (χ1) is 6.65. The Morgan fingerprint density at radius 3 is 2.64 bits per heavy atom. The maximum atomic E-state index is 11.3. The predicted molar refractivity (Wildman–Crippen MR) is 62.9 cm³/mol. The third-order valence-corrected chi connectivity index (χ3v) is 2.92. The molecule has 0 aliphatic rings. The van der Waals surface area contributed by atoms with Gasteiger partial charge in [0.2, 0.25) is 4.69 Å². The smallest absolute Gasteiger partial charge is 0.228 e. The van der Waals surface area contributed by atoms with Gasteiger partial charge in [-0.1, -0.05) is 44.5 Å². The summed E-state index contributed by atoms with van der Waals surface area (Å²) < 4.78 is -0.0172. The summed E-state index contributed by atoms with van der Waals surface area (Å²) in [4.78, 5) is 11.3. The molecule has 1 nitrogen and oxygen atoms in total. The Balaban J connectivity index is 2.90. The highest BCUT2D eigenvalue weighted by Crippen LogP contribution is 2.17. The summed E-state index contributed by atoms with van der Waals surface area (Å²) in [6.45, 7) is 4.37. The largest absolute Gasteiger partial charge is 0.281 e. The number of carbonyl (C=O) groups is 1. The maximum Gasteiger partial charge on any atom is 0.228 e. The molecule has 0 saturated heterocycles. The van der Waals surface area contributed by atoms with E-state index in [2.05, 4.69) is 29.8 Å². The highest BCUT2D eigenvalue weighted by Gasteiger charge is 2.09. The van der Waals surface area contributed by atoms with Crippen LogP contribution >= 0.6 is 15.9 Å². The minimum atomic E-state index is -0.0172. The molecule has 2 heteroatoms. The van der Waals surface area contributed by atoms with Gasteiger partial charge in [-0.05, 0) is 33.8 Å². The quantitative estimate of drug-likeness (QED) is 0.747. The van der Waals surface area contributed by atoms with E-state index in [9.17, 15) is 4.79 Å². The van der Waals surface area contributed by atoms with Crippen LogP contribution in [-0.2, 0) is 6.42 Å². The second-order valence-electron chi connectivity index (χ2n) is 3.65. The van der Waals surface area contributed by atoms with E-state index in [1.807, 2.05) is 24.3 Å². The monoisotopic (exact) mass is 254 g/mol. The summed E-state index contributed by atoms with van der Waals surface area (Å²) in [6.07, 6.45) is 2.12. The molecule has 0 aliphatic heterocycles. The molecule has 0 saturated carbocycles. The molecule has 0 fully saturated rings. The highest BCUT2D eigenvalue weighted by molar-refractivity contribution is 9.18. The lowest BCUT2D eigenvalue weighted by molar-refractivity contribution is 0.109. The molecule has 0 heterocycles. The summed E-state index contributed by atoms with van der Waals surface area (Å²) in [6, 6.07) is 7.78. The van der Waals surface area contributed by atoms with Gasteiger partial charge < -0.3 is 0 Å². The number of hydrogen-bond acceptors (Lipinski definition) is 1. The first-order valence-electron chi connectivity index (χ1n) is 4.92. The fraction of sp³-hybridized carbons (Fsp3) is 0.417. The molecule has 0 aliphatic carbocycles.